The number of rotatable bonds is 1. The molecule has 0 atom stereocenters. The molecule has 0 radical (unpaired) electrons. The number of halogens is 1. The van der Waals surface area contributed by atoms with Crippen LogP contribution in [-0.2, 0) is 4.74 Å². The highest BCUT2D eigenvalue weighted by atomic mass is 79.9. The lowest BCUT2D eigenvalue weighted by Crippen LogP contribution is -2.50. The summed E-state index contributed by atoms with van der Waals surface area (Å²) in [6, 6.07) is 2.01. The minimum Gasteiger partial charge on any atom is -0.444 e. The molecule has 0 saturated carbocycles. The molecule has 0 spiro atoms. The van der Waals surface area contributed by atoms with Gasteiger partial charge in [-0.3, -0.25) is 9.38 Å². The van der Waals surface area contributed by atoms with Crippen LogP contribution in [0, 0.1) is 0 Å². The predicted octanol–water partition coefficient (Wildman–Crippen LogP) is 3.15. The molecule has 1 aliphatic heterocycles. The fraction of sp³-hybridized carbons (Fsp3) is 0.500. The van der Waals surface area contributed by atoms with Gasteiger partial charge in [-0.1, -0.05) is 0 Å². The third kappa shape index (κ3) is 3.44. The summed E-state index contributed by atoms with van der Waals surface area (Å²) in [5.74, 6) is 1.04. The van der Waals surface area contributed by atoms with Crippen LogP contribution in [0.5, 0.6) is 0 Å². The first-order valence-electron chi connectivity index (χ1n) is 7.68. The van der Waals surface area contributed by atoms with Gasteiger partial charge in [-0.25, -0.2) is 4.79 Å². The Morgan fingerprint density at radius 3 is 2.57 bits per heavy atom. The molecule has 2 aromatic heterocycles. The molecule has 1 aliphatic rings. The predicted molar refractivity (Wildman–Crippen MR) is 92.9 cm³/mol. The van der Waals surface area contributed by atoms with E-state index in [0.717, 1.165) is 28.9 Å². The van der Waals surface area contributed by atoms with Gasteiger partial charge in [-0.05, 0) is 42.8 Å². The van der Waals surface area contributed by atoms with Crippen molar-refractivity contribution in [1.29, 1.82) is 0 Å². The van der Waals surface area contributed by atoms with Crippen molar-refractivity contribution in [3.63, 3.8) is 0 Å². The number of carbonyl (C=O) groups excluding carboxylic acids is 1. The van der Waals surface area contributed by atoms with Gasteiger partial charge >= 0.3 is 6.09 Å². The van der Waals surface area contributed by atoms with E-state index in [4.69, 9.17) is 4.74 Å². The maximum absolute atomic E-state index is 12.1. The number of fused-ring (bicyclic) bond motifs is 1. The number of carbonyl (C=O) groups is 1. The molecule has 0 aliphatic carbocycles. The van der Waals surface area contributed by atoms with Crippen molar-refractivity contribution in [2.75, 3.05) is 31.1 Å². The van der Waals surface area contributed by atoms with Gasteiger partial charge in [-0.2, -0.15) is 0 Å². The van der Waals surface area contributed by atoms with Crippen LogP contribution in [0.4, 0.5) is 10.6 Å². The summed E-state index contributed by atoms with van der Waals surface area (Å²) in [4.78, 5) is 20.5. The van der Waals surface area contributed by atoms with Crippen LogP contribution in [0.25, 0.3) is 5.52 Å². The van der Waals surface area contributed by atoms with Gasteiger partial charge in [0.1, 0.15) is 11.4 Å². The zero-order valence-corrected chi connectivity index (χ0v) is 15.2. The zero-order chi connectivity index (χ0) is 16.6. The summed E-state index contributed by atoms with van der Waals surface area (Å²) < 4.78 is 8.57. The summed E-state index contributed by atoms with van der Waals surface area (Å²) >= 11 is 3.53. The average Bonchev–Trinajstić information content (AvgIpc) is 2.87. The number of piperazine rings is 1. The zero-order valence-electron chi connectivity index (χ0n) is 13.6. The van der Waals surface area contributed by atoms with Crippen LogP contribution in [-0.4, -0.2) is 52.2 Å². The first-order chi connectivity index (χ1) is 10.8. The van der Waals surface area contributed by atoms with Gasteiger partial charge in [0.2, 0.25) is 0 Å². The summed E-state index contributed by atoms with van der Waals surface area (Å²) in [6.45, 7) is 8.47. The number of hydrogen-bond acceptors (Lipinski definition) is 4. The third-order valence-corrected chi connectivity index (χ3v) is 4.43. The maximum Gasteiger partial charge on any atom is 0.410 e. The smallest absolute Gasteiger partial charge is 0.410 e. The first-order valence-corrected chi connectivity index (χ1v) is 8.48. The van der Waals surface area contributed by atoms with E-state index in [9.17, 15) is 4.79 Å². The first kappa shape index (κ1) is 16.1. The van der Waals surface area contributed by atoms with Crippen molar-refractivity contribution < 1.29 is 9.53 Å². The lowest BCUT2D eigenvalue weighted by Gasteiger charge is -2.36. The van der Waals surface area contributed by atoms with E-state index in [-0.39, 0.29) is 6.09 Å². The minimum absolute atomic E-state index is 0.239. The Kier molecular flexibility index (Phi) is 4.23. The lowest BCUT2D eigenvalue weighted by molar-refractivity contribution is 0.0240. The minimum atomic E-state index is -0.457. The summed E-state index contributed by atoms with van der Waals surface area (Å²) in [5, 5.41) is 0. The topological polar surface area (TPSA) is 50.1 Å². The Hall–Kier alpha value is -1.76. The molecule has 0 unspecified atom stereocenters. The van der Waals surface area contributed by atoms with E-state index in [1.807, 2.05) is 45.4 Å². The molecule has 0 bridgehead atoms. The van der Waals surface area contributed by atoms with E-state index in [1.54, 1.807) is 4.90 Å². The van der Waals surface area contributed by atoms with Gasteiger partial charge in [0.15, 0.2) is 0 Å². The van der Waals surface area contributed by atoms with Gasteiger partial charge in [-0.15, -0.1) is 0 Å². The highest BCUT2D eigenvalue weighted by molar-refractivity contribution is 9.10. The van der Waals surface area contributed by atoms with E-state index < -0.39 is 5.60 Å². The van der Waals surface area contributed by atoms with Crippen molar-refractivity contribution >= 4 is 33.4 Å². The number of amides is 1. The SMILES string of the molecule is CC(C)(C)OC(=O)N1CCN(c2cncc3c(Br)ccn23)CC1. The number of aromatic nitrogens is 2. The monoisotopic (exact) mass is 380 g/mol. The molecule has 3 heterocycles. The molecular formula is C16H21BrN4O2. The van der Waals surface area contributed by atoms with Gasteiger partial charge in [0.05, 0.1) is 17.9 Å². The van der Waals surface area contributed by atoms with Crippen molar-refractivity contribution in [1.82, 2.24) is 14.3 Å². The molecule has 0 aromatic carbocycles. The molecule has 124 valence electrons. The second-order valence-electron chi connectivity index (χ2n) is 6.64. The van der Waals surface area contributed by atoms with Gasteiger partial charge in [0, 0.05) is 36.8 Å². The molecule has 1 saturated heterocycles. The molecule has 0 N–H and O–H groups in total. The summed E-state index contributed by atoms with van der Waals surface area (Å²) in [6.07, 6.45) is 5.49. The largest absolute Gasteiger partial charge is 0.444 e. The number of hydrogen-bond donors (Lipinski definition) is 0. The molecule has 7 heteroatoms. The van der Waals surface area contributed by atoms with Crippen LogP contribution < -0.4 is 4.90 Å². The van der Waals surface area contributed by atoms with Crippen LogP contribution in [0.2, 0.25) is 0 Å². The van der Waals surface area contributed by atoms with Crippen LogP contribution in [0.3, 0.4) is 0 Å². The van der Waals surface area contributed by atoms with Gasteiger partial charge < -0.3 is 14.5 Å². The number of ether oxygens (including phenoxy) is 1. The van der Waals surface area contributed by atoms with Crippen LogP contribution in [0.1, 0.15) is 20.8 Å². The molecular weight excluding hydrogens is 360 g/mol. The number of anilines is 1. The number of nitrogens with zero attached hydrogens (tertiary/aromatic N) is 4. The molecule has 6 nitrogen and oxygen atoms in total. The maximum atomic E-state index is 12.1. The highest BCUT2D eigenvalue weighted by Gasteiger charge is 2.26. The molecule has 3 rings (SSSR count). The van der Waals surface area contributed by atoms with Crippen LogP contribution in [0.15, 0.2) is 29.1 Å². The summed E-state index contributed by atoms with van der Waals surface area (Å²) in [5.41, 5.74) is 0.582. The second kappa shape index (κ2) is 6.03. The van der Waals surface area contributed by atoms with E-state index in [2.05, 4.69) is 30.2 Å². The Balaban J connectivity index is 1.70. The van der Waals surface area contributed by atoms with Crippen molar-refractivity contribution in [2.24, 2.45) is 0 Å². The summed E-state index contributed by atoms with van der Waals surface area (Å²) in [7, 11) is 0. The van der Waals surface area contributed by atoms with Crippen molar-refractivity contribution in [3.05, 3.63) is 29.1 Å². The van der Waals surface area contributed by atoms with E-state index in [1.165, 1.54) is 0 Å². The molecule has 1 amide bonds. The Bertz CT molecular complexity index is 714. The molecule has 1 fully saturated rings. The quantitative estimate of drug-likeness (QED) is 0.762. The third-order valence-electron chi connectivity index (χ3n) is 3.76. The molecule has 2 aromatic rings. The normalized spacial score (nSPS) is 16.0. The Labute approximate surface area is 144 Å². The standard InChI is InChI=1S/C16H21BrN4O2/c1-16(2,3)23-15(22)20-8-6-19(7-9-20)14-11-18-10-13-12(17)4-5-21(13)14/h4-5,10-11H,6-9H2,1-3H3. The van der Waals surface area contributed by atoms with E-state index >= 15 is 0 Å². The average molecular weight is 381 g/mol. The van der Waals surface area contributed by atoms with E-state index in [0.29, 0.717) is 13.1 Å². The Morgan fingerprint density at radius 2 is 1.91 bits per heavy atom. The fourth-order valence-corrected chi connectivity index (χ4v) is 3.07. The Morgan fingerprint density at radius 1 is 1.22 bits per heavy atom. The van der Waals surface area contributed by atoms with Gasteiger partial charge in [0.25, 0.3) is 0 Å². The van der Waals surface area contributed by atoms with Crippen molar-refractivity contribution in [3.8, 4) is 0 Å². The lowest BCUT2D eigenvalue weighted by atomic mass is 10.2. The fourth-order valence-electron chi connectivity index (χ4n) is 2.66. The van der Waals surface area contributed by atoms with Crippen molar-refractivity contribution in [2.45, 2.75) is 26.4 Å². The second-order valence-corrected chi connectivity index (χ2v) is 7.49. The highest BCUT2D eigenvalue weighted by Crippen LogP contribution is 2.24. The van der Waals surface area contributed by atoms with Crippen LogP contribution >= 0.6 is 15.9 Å². The molecule has 23 heavy (non-hydrogen) atoms.